The predicted octanol–water partition coefficient (Wildman–Crippen LogP) is 4.78. The summed E-state index contributed by atoms with van der Waals surface area (Å²) in [7, 11) is -3.89. The summed E-state index contributed by atoms with van der Waals surface area (Å²) in [6.45, 7) is 0. The highest BCUT2D eigenvalue weighted by atomic mass is 35.5. The van der Waals surface area contributed by atoms with Crippen LogP contribution in [0.15, 0.2) is 70.5 Å². The number of ether oxygens (including phenoxy) is 1. The molecule has 5 nitrogen and oxygen atoms in total. The van der Waals surface area contributed by atoms with Gasteiger partial charge in [-0.25, -0.2) is 8.42 Å². The van der Waals surface area contributed by atoms with Crippen LogP contribution in [0.5, 0.6) is 11.5 Å². The van der Waals surface area contributed by atoms with Gasteiger partial charge in [-0.1, -0.05) is 47.5 Å². The molecule has 0 heterocycles. The van der Waals surface area contributed by atoms with E-state index in [2.05, 4.69) is 0 Å². The molecule has 0 amide bonds. The number of nitrogens with two attached hydrogens (primary N) is 2. The summed E-state index contributed by atoms with van der Waals surface area (Å²) in [5.74, 6) is 0.206. The molecule has 0 saturated heterocycles. The largest absolute Gasteiger partial charge is 0.454 e. The second-order valence-electron chi connectivity index (χ2n) is 5.40. The van der Waals surface area contributed by atoms with E-state index in [-0.39, 0.29) is 42.7 Å². The average molecular weight is 409 g/mol. The standard InChI is InChI=1S/C18H14Cl2N2O3S/c19-12-7-4-8-15(18(12)20)25-16-9-13(21)14(22)10-17(16)26(23,24)11-5-2-1-3-6-11/h1-10H,21-22H2. The van der Waals surface area contributed by atoms with Gasteiger partial charge in [-0.05, 0) is 30.3 Å². The maximum Gasteiger partial charge on any atom is 0.210 e. The van der Waals surface area contributed by atoms with Gasteiger partial charge < -0.3 is 16.2 Å². The van der Waals surface area contributed by atoms with Crippen molar-refractivity contribution in [1.82, 2.24) is 0 Å². The van der Waals surface area contributed by atoms with Gasteiger partial charge in [-0.15, -0.1) is 0 Å². The Bertz CT molecular complexity index is 1070. The molecule has 0 radical (unpaired) electrons. The average Bonchev–Trinajstić information content (AvgIpc) is 2.62. The van der Waals surface area contributed by atoms with E-state index >= 15 is 0 Å². The molecule has 0 bridgehead atoms. The normalized spacial score (nSPS) is 11.3. The Morgan fingerprint density at radius 2 is 1.46 bits per heavy atom. The van der Waals surface area contributed by atoms with Crippen molar-refractivity contribution in [3.8, 4) is 11.5 Å². The minimum atomic E-state index is -3.89. The van der Waals surface area contributed by atoms with Crippen LogP contribution in [-0.4, -0.2) is 8.42 Å². The molecule has 3 rings (SSSR count). The molecule has 0 aliphatic carbocycles. The molecular weight excluding hydrogens is 395 g/mol. The molecule has 0 aliphatic rings. The molecule has 4 N–H and O–H groups in total. The maximum absolute atomic E-state index is 13.0. The van der Waals surface area contributed by atoms with Gasteiger partial charge in [0, 0.05) is 6.07 Å². The summed E-state index contributed by atoms with van der Waals surface area (Å²) in [5, 5.41) is 0.438. The fraction of sp³-hybridized carbons (Fsp3) is 0. The molecular formula is C18H14Cl2N2O3S. The van der Waals surface area contributed by atoms with E-state index in [1.54, 1.807) is 36.4 Å². The number of sulfone groups is 1. The Morgan fingerprint density at radius 1 is 0.808 bits per heavy atom. The Kier molecular flexibility index (Phi) is 5.00. The molecule has 3 aromatic rings. The third kappa shape index (κ3) is 3.44. The van der Waals surface area contributed by atoms with Gasteiger partial charge in [0.15, 0.2) is 0 Å². The van der Waals surface area contributed by atoms with Crippen LogP contribution in [0.25, 0.3) is 0 Å². The Labute approximate surface area is 161 Å². The van der Waals surface area contributed by atoms with Crippen LogP contribution in [0, 0.1) is 0 Å². The fourth-order valence-corrected chi connectivity index (χ4v) is 4.04. The quantitative estimate of drug-likeness (QED) is 0.605. The highest BCUT2D eigenvalue weighted by molar-refractivity contribution is 7.91. The van der Waals surface area contributed by atoms with Crippen molar-refractivity contribution in [3.63, 3.8) is 0 Å². The molecule has 26 heavy (non-hydrogen) atoms. The number of halogens is 2. The summed E-state index contributed by atoms with van der Waals surface area (Å²) < 4.78 is 31.8. The van der Waals surface area contributed by atoms with Crippen LogP contribution in [0.3, 0.4) is 0 Å². The molecule has 0 unspecified atom stereocenters. The van der Waals surface area contributed by atoms with E-state index in [9.17, 15) is 8.42 Å². The summed E-state index contributed by atoms with van der Waals surface area (Å²) in [6, 6.07) is 15.4. The lowest BCUT2D eigenvalue weighted by molar-refractivity contribution is 0.468. The molecule has 0 spiro atoms. The minimum absolute atomic E-state index is 0.00437. The minimum Gasteiger partial charge on any atom is -0.454 e. The van der Waals surface area contributed by atoms with Gasteiger partial charge in [0.2, 0.25) is 9.84 Å². The number of hydrogen-bond acceptors (Lipinski definition) is 5. The molecule has 134 valence electrons. The zero-order valence-electron chi connectivity index (χ0n) is 13.3. The number of hydrogen-bond donors (Lipinski definition) is 2. The number of nitrogen functional groups attached to an aromatic ring is 2. The fourth-order valence-electron chi connectivity index (χ4n) is 2.29. The molecule has 0 saturated carbocycles. The summed E-state index contributed by atoms with van der Waals surface area (Å²) >= 11 is 12.1. The van der Waals surface area contributed by atoms with Crippen LogP contribution >= 0.6 is 23.2 Å². The number of benzene rings is 3. The Hall–Kier alpha value is -2.41. The highest BCUT2D eigenvalue weighted by Gasteiger charge is 2.24. The molecule has 0 atom stereocenters. The lowest BCUT2D eigenvalue weighted by Gasteiger charge is -2.15. The zero-order chi connectivity index (χ0) is 18.9. The van der Waals surface area contributed by atoms with Crippen LogP contribution in [-0.2, 0) is 9.84 Å². The molecule has 0 fully saturated rings. The van der Waals surface area contributed by atoms with E-state index in [0.717, 1.165) is 0 Å². The van der Waals surface area contributed by atoms with E-state index in [1.807, 2.05) is 0 Å². The van der Waals surface area contributed by atoms with E-state index in [0.29, 0.717) is 0 Å². The van der Waals surface area contributed by atoms with Crippen molar-refractivity contribution in [2.75, 3.05) is 11.5 Å². The second kappa shape index (κ2) is 7.07. The molecule has 0 aliphatic heterocycles. The summed E-state index contributed by atoms with van der Waals surface area (Å²) in [4.78, 5) is -0.0161. The van der Waals surface area contributed by atoms with E-state index in [4.69, 9.17) is 39.4 Å². The predicted molar refractivity (Wildman–Crippen MR) is 104 cm³/mol. The van der Waals surface area contributed by atoms with E-state index < -0.39 is 9.84 Å². The first kappa shape index (κ1) is 18.4. The molecule has 0 aromatic heterocycles. The lowest BCUT2D eigenvalue weighted by atomic mass is 10.2. The van der Waals surface area contributed by atoms with Gasteiger partial charge in [0.25, 0.3) is 0 Å². The smallest absolute Gasteiger partial charge is 0.210 e. The third-order valence-corrected chi connectivity index (χ3v) is 6.22. The Morgan fingerprint density at radius 3 is 2.15 bits per heavy atom. The van der Waals surface area contributed by atoms with Crippen molar-refractivity contribution < 1.29 is 13.2 Å². The van der Waals surface area contributed by atoms with Gasteiger partial charge in [-0.3, -0.25) is 0 Å². The topological polar surface area (TPSA) is 95.4 Å². The maximum atomic E-state index is 13.0. The first-order valence-corrected chi connectivity index (χ1v) is 9.65. The van der Waals surface area contributed by atoms with Crippen LogP contribution in [0.1, 0.15) is 0 Å². The molecule has 3 aromatic carbocycles. The van der Waals surface area contributed by atoms with Gasteiger partial charge in [0.1, 0.15) is 21.4 Å². The monoisotopic (exact) mass is 408 g/mol. The first-order valence-electron chi connectivity index (χ1n) is 7.41. The van der Waals surface area contributed by atoms with Crippen molar-refractivity contribution in [1.29, 1.82) is 0 Å². The van der Waals surface area contributed by atoms with Crippen molar-refractivity contribution >= 4 is 44.4 Å². The first-order chi connectivity index (χ1) is 12.3. The lowest BCUT2D eigenvalue weighted by Crippen LogP contribution is -2.07. The van der Waals surface area contributed by atoms with Crippen LogP contribution < -0.4 is 16.2 Å². The van der Waals surface area contributed by atoms with Gasteiger partial charge in [0.05, 0.1) is 21.3 Å². The SMILES string of the molecule is Nc1cc(Oc2cccc(Cl)c2Cl)c(S(=O)(=O)c2ccccc2)cc1N. The third-order valence-electron chi connectivity index (χ3n) is 3.63. The number of anilines is 2. The molecule has 8 heteroatoms. The summed E-state index contributed by atoms with van der Waals surface area (Å²) in [5.41, 5.74) is 12.0. The zero-order valence-corrected chi connectivity index (χ0v) is 15.6. The van der Waals surface area contributed by atoms with Crippen molar-refractivity contribution in [2.45, 2.75) is 9.79 Å². The summed E-state index contributed by atoms with van der Waals surface area (Å²) in [6.07, 6.45) is 0. The van der Waals surface area contributed by atoms with E-state index in [1.165, 1.54) is 24.3 Å². The number of rotatable bonds is 4. The van der Waals surface area contributed by atoms with Crippen LogP contribution in [0.4, 0.5) is 11.4 Å². The van der Waals surface area contributed by atoms with Gasteiger partial charge in [-0.2, -0.15) is 0 Å². The van der Waals surface area contributed by atoms with Crippen LogP contribution in [0.2, 0.25) is 10.0 Å². The van der Waals surface area contributed by atoms with Gasteiger partial charge >= 0.3 is 0 Å². The highest BCUT2D eigenvalue weighted by Crippen LogP contribution is 2.40. The Balaban J connectivity index is 2.17. The van der Waals surface area contributed by atoms with Crippen molar-refractivity contribution in [2.24, 2.45) is 0 Å². The van der Waals surface area contributed by atoms with Crippen molar-refractivity contribution in [3.05, 3.63) is 70.7 Å². The second-order valence-corrected chi connectivity index (χ2v) is 8.10.